The van der Waals surface area contributed by atoms with Gasteiger partial charge in [-0.1, -0.05) is 18.9 Å². The molecule has 1 saturated carbocycles. The van der Waals surface area contributed by atoms with Crippen LogP contribution < -0.4 is 4.74 Å². The molecule has 2 aliphatic rings. The average molecular weight is 520 g/mol. The molecule has 2 fully saturated rings. The molecule has 1 aliphatic heterocycles. The number of ether oxygens (including phenoxy) is 2. The summed E-state index contributed by atoms with van der Waals surface area (Å²) in [6.07, 6.45) is 4.91. The number of ketones is 1. The molecule has 198 valence electrons. The van der Waals surface area contributed by atoms with Crippen molar-refractivity contribution in [1.82, 2.24) is 19.6 Å². The van der Waals surface area contributed by atoms with Crippen LogP contribution in [-0.4, -0.2) is 43.7 Å². The Bertz CT molecular complexity index is 1400. The van der Waals surface area contributed by atoms with Crippen molar-refractivity contribution in [3.63, 3.8) is 0 Å². The Hall–Kier alpha value is -3.87. The van der Waals surface area contributed by atoms with Crippen molar-refractivity contribution >= 4 is 17.5 Å². The first kappa shape index (κ1) is 25.8. The SMILES string of the molecule is [C-]#[N+]COc1ccc(CCC2(C3CCCC3)CC(=O)C(Cc3nc4nc(C)cc(C)n4n3)C(=O)O2)cc1F. The molecule has 10 heteroatoms. The lowest BCUT2D eigenvalue weighted by Crippen LogP contribution is -2.52. The van der Waals surface area contributed by atoms with Gasteiger partial charge in [-0.05, 0) is 69.2 Å². The lowest BCUT2D eigenvalue weighted by molar-refractivity contribution is -0.185. The number of hydrogen-bond donors (Lipinski definition) is 0. The zero-order valence-electron chi connectivity index (χ0n) is 21.6. The number of esters is 1. The maximum Gasteiger partial charge on any atom is 0.357 e. The van der Waals surface area contributed by atoms with Crippen molar-refractivity contribution in [2.45, 2.75) is 70.8 Å². The first-order valence-electron chi connectivity index (χ1n) is 13.0. The molecule has 1 saturated heterocycles. The lowest BCUT2D eigenvalue weighted by Gasteiger charge is -2.43. The Morgan fingerprint density at radius 2 is 2.00 bits per heavy atom. The fourth-order valence-electron chi connectivity index (χ4n) is 5.83. The third kappa shape index (κ3) is 5.10. The van der Waals surface area contributed by atoms with Gasteiger partial charge in [0.25, 0.3) is 5.78 Å². The molecule has 0 radical (unpaired) electrons. The van der Waals surface area contributed by atoms with Gasteiger partial charge in [0.15, 0.2) is 23.2 Å². The van der Waals surface area contributed by atoms with Crippen molar-refractivity contribution in [3.05, 3.63) is 64.3 Å². The van der Waals surface area contributed by atoms with E-state index in [1.807, 2.05) is 19.9 Å². The molecule has 3 heterocycles. The number of Topliss-reactive ketones (excluding diaryl/α,β-unsaturated/α-hetero) is 1. The third-order valence-corrected chi connectivity index (χ3v) is 7.72. The Morgan fingerprint density at radius 3 is 2.71 bits per heavy atom. The zero-order chi connectivity index (χ0) is 26.9. The van der Waals surface area contributed by atoms with Crippen LogP contribution in [0, 0.1) is 38.1 Å². The van der Waals surface area contributed by atoms with E-state index in [2.05, 4.69) is 19.9 Å². The molecule has 3 aromatic rings. The summed E-state index contributed by atoms with van der Waals surface area (Å²) in [5, 5.41) is 4.46. The summed E-state index contributed by atoms with van der Waals surface area (Å²) >= 11 is 0. The molecular formula is C28H30FN5O4. The lowest BCUT2D eigenvalue weighted by atomic mass is 9.73. The van der Waals surface area contributed by atoms with Crippen LogP contribution in [0.1, 0.15) is 61.3 Å². The molecule has 0 spiro atoms. The standard InChI is InChI=1S/C28H30FN5O4/c1-17-12-18(2)34-27(31-17)32-25(33-34)14-21-23(35)15-28(38-26(21)36,20-6-4-5-7-20)11-10-19-8-9-24(22(29)13-19)37-16-30-3/h8-9,12-13,20-21H,4-7,10-11,14-16H2,1-2H3. The molecule has 1 aliphatic carbocycles. The van der Waals surface area contributed by atoms with E-state index in [1.54, 1.807) is 10.6 Å². The van der Waals surface area contributed by atoms with Gasteiger partial charge in [-0.2, -0.15) is 4.98 Å². The summed E-state index contributed by atoms with van der Waals surface area (Å²) in [4.78, 5) is 38.7. The van der Waals surface area contributed by atoms with E-state index < -0.39 is 23.3 Å². The second-order valence-corrected chi connectivity index (χ2v) is 10.3. The predicted octanol–water partition coefficient (Wildman–Crippen LogP) is 4.37. The van der Waals surface area contributed by atoms with Gasteiger partial charge in [-0.3, -0.25) is 14.4 Å². The fourth-order valence-corrected chi connectivity index (χ4v) is 5.83. The number of carbonyl (C=O) groups is 2. The number of rotatable bonds is 8. The van der Waals surface area contributed by atoms with Crippen molar-refractivity contribution in [1.29, 1.82) is 0 Å². The minimum absolute atomic E-state index is 0.0264. The van der Waals surface area contributed by atoms with Gasteiger partial charge in [0.1, 0.15) is 11.5 Å². The van der Waals surface area contributed by atoms with Crippen LogP contribution in [0.15, 0.2) is 24.3 Å². The average Bonchev–Trinajstić information content (AvgIpc) is 3.55. The van der Waals surface area contributed by atoms with Crippen molar-refractivity contribution in [2.75, 3.05) is 6.73 Å². The third-order valence-electron chi connectivity index (χ3n) is 7.72. The van der Waals surface area contributed by atoms with Gasteiger partial charge in [-0.25, -0.2) is 20.5 Å². The molecule has 0 N–H and O–H groups in total. The smallest absolute Gasteiger partial charge is 0.357 e. The highest BCUT2D eigenvalue weighted by Crippen LogP contribution is 2.45. The number of hydrogen-bond acceptors (Lipinski definition) is 7. The van der Waals surface area contributed by atoms with E-state index in [9.17, 15) is 14.0 Å². The Kier molecular flexibility index (Phi) is 7.11. The van der Waals surface area contributed by atoms with E-state index in [1.165, 1.54) is 12.1 Å². The summed E-state index contributed by atoms with van der Waals surface area (Å²) in [7, 11) is 0. The highest BCUT2D eigenvalue weighted by molar-refractivity contribution is 6.01. The van der Waals surface area contributed by atoms with Crippen molar-refractivity contribution in [2.24, 2.45) is 11.8 Å². The monoisotopic (exact) mass is 519 g/mol. The summed E-state index contributed by atoms with van der Waals surface area (Å²) in [6.45, 7) is 10.3. The van der Waals surface area contributed by atoms with Crippen molar-refractivity contribution < 1.29 is 23.5 Å². The number of cyclic esters (lactones) is 1. The molecule has 2 aromatic heterocycles. The van der Waals surface area contributed by atoms with Crippen LogP contribution >= 0.6 is 0 Å². The van der Waals surface area contributed by atoms with E-state index in [4.69, 9.17) is 16.0 Å². The van der Waals surface area contributed by atoms with Gasteiger partial charge in [0.2, 0.25) is 0 Å². The fraction of sp³-hybridized carbons (Fsp3) is 0.500. The highest BCUT2D eigenvalue weighted by atomic mass is 19.1. The molecule has 0 amide bonds. The summed E-state index contributed by atoms with van der Waals surface area (Å²) in [6, 6.07) is 6.52. The number of carbonyl (C=O) groups excluding carboxylic acids is 2. The van der Waals surface area contributed by atoms with Gasteiger partial charge in [0, 0.05) is 24.2 Å². The largest absolute Gasteiger partial charge is 0.458 e. The Labute approximate surface area is 220 Å². The highest BCUT2D eigenvalue weighted by Gasteiger charge is 2.51. The van der Waals surface area contributed by atoms with Crippen LogP contribution in [0.3, 0.4) is 0 Å². The summed E-state index contributed by atoms with van der Waals surface area (Å²) in [5.74, 6) is -1.27. The number of aromatic nitrogens is 4. The topological polar surface area (TPSA) is 100 Å². The number of benzene rings is 1. The minimum atomic E-state index is -0.959. The van der Waals surface area contributed by atoms with Crippen LogP contribution in [0.2, 0.25) is 0 Å². The van der Waals surface area contributed by atoms with Crippen molar-refractivity contribution in [3.8, 4) is 5.75 Å². The quantitative estimate of drug-likeness (QED) is 0.247. The number of fused-ring (bicyclic) bond motifs is 1. The number of aryl methyl sites for hydroxylation is 3. The number of nitrogens with zero attached hydrogens (tertiary/aromatic N) is 5. The first-order chi connectivity index (χ1) is 18.3. The van der Waals surface area contributed by atoms with E-state index in [-0.39, 0.29) is 37.0 Å². The van der Waals surface area contributed by atoms with E-state index >= 15 is 0 Å². The molecule has 1 aromatic carbocycles. The molecule has 0 bridgehead atoms. The molecule has 38 heavy (non-hydrogen) atoms. The summed E-state index contributed by atoms with van der Waals surface area (Å²) < 4.78 is 27.3. The van der Waals surface area contributed by atoms with E-state index in [0.29, 0.717) is 30.0 Å². The Balaban J connectivity index is 1.33. The second kappa shape index (κ2) is 10.5. The second-order valence-electron chi connectivity index (χ2n) is 10.3. The van der Waals surface area contributed by atoms with Gasteiger partial charge >= 0.3 is 12.7 Å². The molecule has 2 unspecified atom stereocenters. The van der Waals surface area contributed by atoms with Crippen LogP contribution in [0.5, 0.6) is 5.75 Å². The normalized spacial score (nSPS) is 22.0. The zero-order valence-corrected chi connectivity index (χ0v) is 21.6. The molecule has 2 atom stereocenters. The number of halogens is 1. The van der Waals surface area contributed by atoms with Gasteiger partial charge < -0.3 is 9.47 Å². The van der Waals surface area contributed by atoms with Gasteiger partial charge in [-0.15, -0.1) is 5.10 Å². The minimum Gasteiger partial charge on any atom is -0.458 e. The summed E-state index contributed by atoms with van der Waals surface area (Å²) in [5.41, 5.74) is 1.49. The molecule has 5 rings (SSSR count). The van der Waals surface area contributed by atoms with Gasteiger partial charge in [0.05, 0.1) is 0 Å². The first-order valence-corrected chi connectivity index (χ1v) is 13.0. The molecular weight excluding hydrogens is 489 g/mol. The maximum absolute atomic E-state index is 14.5. The van der Waals surface area contributed by atoms with E-state index in [0.717, 1.165) is 37.1 Å². The predicted molar refractivity (Wildman–Crippen MR) is 135 cm³/mol. The Morgan fingerprint density at radius 1 is 1.21 bits per heavy atom. The van der Waals surface area contributed by atoms with Crippen LogP contribution in [0.4, 0.5) is 4.39 Å². The van der Waals surface area contributed by atoms with Crippen LogP contribution in [0.25, 0.3) is 10.6 Å². The maximum atomic E-state index is 14.5. The van der Waals surface area contributed by atoms with Crippen LogP contribution in [-0.2, 0) is 27.2 Å². The molecule has 9 nitrogen and oxygen atoms in total.